The molecule has 108 valence electrons. The van der Waals surface area contributed by atoms with Gasteiger partial charge in [0.15, 0.2) is 10.1 Å². The Bertz CT molecular complexity index is 607. The van der Waals surface area contributed by atoms with Crippen LogP contribution in [0, 0.1) is 6.92 Å². The van der Waals surface area contributed by atoms with Crippen LogP contribution in [0.25, 0.3) is 10.2 Å². The Balaban J connectivity index is 2.29. The van der Waals surface area contributed by atoms with E-state index in [1.807, 2.05) is 13.0 Å². The van der Waals surface area contributed by atoms with Gasteiger partial charge in [0.25, 0.3) is 0 Å². The normalized spacial score (nSPS) is 10.9. The van der Waals surface area contributed by atoms with E-state index in [-0.39, 0.29) is 5.97 Å². The van der Waals surface area contributed by atoms with Crippen LogP contribution >= 0.6 is 23.1 Å². The van der Waals surface area contributed by atoms with Crippen molar-refractivity contribution < 1.29 is 9.53 Å². The fourth-order valence-electron chi connectivity index (χ4n) is 1.75. The number of aryl methyl sites for hydroxylation is 1. The molecule has 1 heterocycles. The lowest BCUT2D eigenvalue weighted by atomic mass is 10.2. The Labute approximate surface area is 127 Å². The minimum Gasteiger partial charge on any atom is -0.424 e. The lowest BCUT2D eigenvalue weighted by Crippen LogP contribution is -2.06. The Morgan fingerprint density at radius 3 is 2.90 bits per heavy atom. The molecule has 0 aliphatic heterocycles. The molecule has 2 rings (SSSR count). The molecule has 1 aromatic heterocycles. The van der Waals surface area contributed by atoms with Gasteiger partial charge in [-0.15, -0.1) is 11.3 Å². The van der Waals surface area contributed by atoms with E-state index in [1.54, 1.807) is 30.0 Å². The molecule has 0 radical (unpaired) electrons. The summed E-state index contributed by atoms with van der Waals surface area (Å²) in [6.45, 7) is 5.99. The molecule has 5 heteroatoms. The molecule has 0 unspecified atom stereocenters. The zero-order valence-corrected chi connectivity index (χ0v) is 13.7. The number of carbonyl (C=O) groups is 1. The minimum atomic E-state index is -0.218. The van der Waals surface area contributed by atoms with Gasteiger partial charge in [-0.2, -0.15) is 0 Å². The van der Waals surface area contributed by atoms with E-state index in [1.165, 1.54) is 12.8 Å². The second-order valence-corrected chi connectivity index (χ2v) is 6.99. The summed E-state index contributed by atoms with van der Waals surface area (Å²) in [6, 6.07) is 3.98. The molecule has 0 fully saturated rings. The van der Waals surface area contributed by atoms with Gasteiger partial charge in [-0.25, -0.2) is 4.98 Å². The summed E-state index contributed by atoms with van der Waals surface area (Å²) in [5.41, 5.74) is 1.89. The zero-order valence-electron chi connectivity index (χ0n) is 12.1. The summed E-state index contributed by atoms with van der Waals surface area (Å²) < 4.78 is 7.53. The highest BCUT2D eigenvalue weighted by atomic mass is 32.2. The van der Waals surface area contributed by atoms with Crippen molar-refractivity contribution in [3.63, 3.8) is 0 Å². The highest BCUT2D eigenvalue weighted by Crippen LogP contribution is 2.35. The average Bonchev–Trinajstić information content (AvgIpc) is 2.81. The van der Waals surface area contributed by atoms with Gasteiger partial charge in [0.2, 0.25) is 0 Å². The minimum absolute atomic E-state index is 0.218. The predicted octanol–water partition coefficient (Wildman–Crippen LogP) is 4.81. The van der Waals surface area contributed by atoms with Crippen LogP contribution in [-0.4, -0.2) is 16.7 Å². The van der Waals surface area contributed by atoms with Crippen molar-refractivity contribution in [3.8, 4) is 5.75 Å². The Hall–Kier alpha value is -1.07. The number of ether oxygens (including phenoxy) is 1. The number of hydrogen-bond donors (Lipinski definition) is 0. The molecule has 2 aromatic rings. The van der Waals surface area contributed by atoms with Gasteiger partial charge in [0.1, 0.15) is 5.52 Å². The van der Waals surface area contributed by atoms with E-state index in [4.69, 9.17) is 4.74 Å². The number of esters is 1. The van der Waals surface area contributed by atoms with Gasteiger partial charge in [0.05, 0.1) is 4.70 Å². The number of fused-ring (bicyclic) bond motifs is 1. The van der Waals surface area contributed by atoms with Gasteiger partial charge >= 0.3 is 5.97 Å². The quantitative estimate of drug-likeness (QED) is 0.332. The van der Waals surface area contributed by atoms with Crippen LogP contribution in [0.2, 0.25) is 0 Å². The van der Waals surface area contributed by atoms with Gasteiger partial charge in [-0.1, -0.05) is 32.0 Å². The maximum atomic E-state index is 11.5. The van der Waals surface area contributed by atoms with E-state index in [0.717, 1.165) is 25.9 Å². The molecular weight excluding hydrogens is 290 g/mol. The van der Waals surface area contributed by atoms with Crippen LogP contribution in [0.5, 0.6) is 5.75 Å². The number of thioether (sulfide) groups is 1. The summed E-state index contributed by atoms with van der Waals surface area (Å²) in [6.07, 6.45) is 2.76. The van der Waals surface area contributed by atoms with Crippen LogP contribution in [0.4, 0.5) is 0 Å². The maximum Gasteiger partial charge on any atom is 0.310 e. The molecule has 0 saturated carbocycles. The molecule has 0 saturated heterocycles. The number of carbonyl (C=O) groups excluding carboxylic acids is 1. The Morgan fingerprint density at radius 2 is 2.20 bits per heavy atom. The highest BCUT2D eigenvalue weighted by Gasteiger charge is 2.13. The Kier molecular flexibility index (Phi) is 5.43. The van der Waals surface area contributed by atoms with Crippen molar-refractivity contribution >= 4 is 39.3 Å². The van der Waals surface area contributed by atoms with Crippen LogP contribution in [0.3, 0.4) is 0 Å². The molecule has 0 aliphatic carbocycles. The highest BCUT2D eigenvalue weighted by molar-refractivity contribution is 8.01. The topological polar surface area (TPSA) is 39.2 Å². The lowest BCUT2D eigenvalue weighted by molar-refractivity contribution is -0.133. The van der Waals surface area contributed by atoms with Gasteiger partial charge < -0.3 is 4.74 Å². The fourth-order valence-corrected chi connectivity index (χ4v) is 4.08. The molecule has 20 heavy (non-hydrogen) atoms. The lowest BCUT2D eigenvalue weighted by Gasteiger charge is -2.04. The van der Waals surface area contributed by atoms with Gasteiger partial charge in [0, 0.05) is 12.2 Å². The van der Waals surface area contributed by atoms with E-state index in [0.29, 0.717) is 12.2 Å². The summed E-state index contributed by atoms with van der Waals surface area (Å²) in [7, 11) is 0. The van der Waals surface area contributed by atoms with Crippen molar-refractivity contribution in [2.75, 3.05) is 5.75 Å². The standard InChI is InChI=1S/C15H19NO2S2/c1-4-6-7-19-15-16-14-11(18-13(17)5-2)8-10(3)9-12(14)20-15/h8-9H,4-7H2,1-3H3. The number of benzene rings is 1. The molecule has 0 N–H and O–H groups in total. The Morgan fingerprint density at radius 1 is 1.40 bits per heavy atom. The van der Waals surface area contributed by atoms with E-state index < -0.39 is 0 Å². The summed E-state index contributed by atoms with van der Waals surface area (Å²) >= 11 is 3.45. The van der Waals surface area contributed by atoms with Crippen molar-refractivity contribution in [2.45, 2.75) is 44.4 Å². The number of hydrogen-bond acceptors (Lipinski definition) is 5. The third-order valence-corrected chi connectivity index (χ3v) is 5.05. The monoisotopic (exact) mass is 309 g/mol. The van der Waals surface area contributed by atoms with Gasteiger partial charge in [-0.3, -0.25) is 4.79 Å². The number of rotatable bonds is 6. The third-order valence-electron chi connectivity index (χ3n) is 2.82. The summed E-state index contributed by atoms with van der Waals surface area (Å²) in [5, 5.41) is 0. The van der Waals surface area contributed by atoms with Crippen LogP contribution in [-0.2, 0) is 4.79 Å². The number of thiazole rings is 1. The molecule has 0 bridgehead atoms. The smallest absolute Gasteiger partial charge is 0.310 e. The van der Waals surface area contributed by atoms with Crippen LogP contribution < -0.4 is 4.74 Å². The summed E-state index contributed by atoms with van der Waals surface area (Å²) in [5.74, 6) is 1.45. The van der Waals surface area contributed by atoms with Gasteiger partial charge in [-0.05, 0) is 31.0 Å². The van der Waals surface area contributed by atoms with Crippen molar-refractivity contribution in [2.24, 2.45) is 0 Å². The third kappa shape index (κ3) is 3.73. The molecule has 0 amide bonds. The predicted molar refractivity (Wildman–Crippen MR) is 85.9 cm³/mol. The number of unbranched alkanes of at least 4 members (excludes halogenated alkanes) is 1. The molecule has 0 spiro atoms. The van der Waals surface area contributed by atoms with Crippen LogP contribution in [0.1, 0.15) is 38.7 Å². The summed E-state index contributed by atoms with van der Waals surface area (Å²) in [4.78, 5) is 16.1. The SMILES string of the molecule is CCCCSc1nc2c(OC(=O)CC)cc(C)cc2s1. The van der Waals surface area contributed by atoms with E-state index in [9.17, 15) is 4.79 Å². The first-order chi connectivity index (χ1) is 9.63. The average molecular weight is 309 g/mol. The zero-order chi connectivity index (χ0) is 14.5. The second-order valence-electron chi connectivity index (χ2n) is 4.62. The maximum absolute atomic E-state index is 11.5. The molecule has 3 nitrogen and oxygen atoms in total. The van der Waals surface area contributed by atoms with E-state index in [2.05, 4.69) is 18.0 Å². The molecule has 0 aliphatic rings. The molecular formula is C15H19NO2S2. The number of aromatic nitrogens is 1. The second kappa shape index (κ2) is 7.09. The first-order valence-corrected chi connectivity index (χ1v) is 8.69. The largest absolute Gasteiger partial charge is 0.424 e. The van der Waals surface area contributed by atoms with Crippen LogP contribution in [0.15, 0.2) is 16.5 Å². The van der Waals surface area contributed by atoms with Crippen molar-refractivity contribution in [1.82, 2.24) is 4.98 Å². The van der Waals surface area contributed by atoms with Crippen molar-refractivity contribution in [1.29, 1.82) is 0 Å². The molecule has 0 atom stereocenters. The van der Waals surface area contributed by atoms with E-state index >= 15 is 0 Å². The molecule has 1 aromatic carbocycles. The first kappa shape index (κ1) is 15.3. The fraction of sp³-hybridized carbons (Fsp3) is 0.467. The van der Waals surface area contributed by atoms with Crippen molar-refractivity contribution in [3.05, 3.63) is 17.7 Å². The number of nitrogens with zero attached hydrogens (tertiary/aromatic N) is 1. The first-order valence-electron chi connectivity index (χ1n) is 6.88.